The molecule has 1 aliphatic rings. The minimum atomic E-state index is -0.205. The zero-order chi connectivity index (χ0) is 33.3. The van der Waals surface area contributed by atoms with Gasteiger partial charge in [0, 0.05) is 38.6 Å². The van der Waals surface area contributed by atoms with Crippen molar-refractivity contribution in [2.45, 2.75) is 33.1 Å². The van der Waals surface area contributed by atoms with Crippen LogP contribution in [0.15, 0.2) is 130 Å². The van der Waals surface area contributed by atoms with Crippen molar-refractivity contribution in [2.75, 3.05) is 0 Å². The molecule has 0 N–H and O–H groups in total. The summed E-state index contributed by atoms with van der Waals surface area (Å²) in [4.78, 5) is 19.3. The molecule has 0 unspecified atom stereocenters. The molecule has 1 aliphatic carbocycles. The molecule has 0 radical (unpaired) electrons. The molecule has 6 nitrogen and oxygen atoms in total. The van der Waals surface area contributed by atoms with E-state index >= 15 is 0 Å². The van der Waals surface area contributed by atoms with Gasteiger partial charge in [0.2, 0.25) is 0 Å². The highest BCUT2D eigenvalue weighted by Gasteiger charge is 2.38. The molecule has 0 atom stereocenters. The number of hydrogen-bond acceptors (Lipinski definition) is 6. The molecular formula is C43H32N4O2. The molecule has 3 aromatic heterocycles. The summed E-state index contributed by atoms with van der Waals surface area (Å²) in [7, 11) is 0. The maximum Gasteiger partial charge on any atom is 0.182 e. The van der Waals surface area contributed by atoms with E-state index in [-0.39, 0.29) is 5.41 Å². The van der Waals surface area contributed by atoms with Crippen LogP contribution in [0.2, 0.25) is 0 Å². The van der Waals surface area contributed by atoms with Crippen LogP contribution in [-0.2, 0) is 5.41 Å². The lowest BCUT2D eigenvalue weighted by atomic mass is 9.81. The fourth-order valence-corrected chi connectivity index (χ4v) is 7.33. The minimum Gasteiger partial charge on any atom is -0.455 e. The van der Waals surface area contributed by atoms with Crippen molar-refractivity contribution in [2.24, 2.45) is 0 Å². The second kappa shape index (κ2) is 11.0. The average Bonchev–Trinajstić information content (AvgIpc) is 3.82. The van der Waals surface area contributed by atoms with Gasteiger partial charge in [-0.3, -0.25) is 0 Å². The summed E-state index contributed by atoms with van der Waals surface area (Å²) >= 11 is 0. The number of rotatable bonds is 5. The molecular weight excluding hydrogens is 604 g/mol. The highest BCUT2D eigenvalue weighted by atomic mass is 16.3. The average molecular weight is 637 g/mol. The van der Waals surface area contributed by atoms with Crippen LogP contribution in [0.1, 0.15) is 49.0 Å². The van der Waals surface area contributed by atoms with Crippen molar-refractivity contribution in [1.29, 1.82) is 0 Å². The van der Waals surface area contributed by atoms with E-state index in [9.17, 15) is 0 Å². The van der Waals surface area contributed by atoms with Crippen LogP contribution in [0.3, 0.4) is 0 Å². The second-order valence-corrected chi connectivity index (χ2v) is 13.1. The van der Waals surface area contributed by atoms with Gasteiger partial charge in [-0.05, 0) is 48.2 Å². The monoisotopic (exact) mass is 636 g/mol. The number of hydrogen-bond donors (Lipinski definition) is 0. The Morgan fingerprint density at radius 3 is 2.08 bits per heavy atom. The normalized spacial score (nSPS) is 13.6. The largest absolute Gasteiger partial charge is 0.455 e. The molecule has 3 heterocycles. The third-order valence-corrected chi connectivity index (χ3v) is 9.88. The van der Waals surface area contributed by atoms with Crippen LogP contribution in [0.25, 0.3) is 72.7 Å². The smallest absolute Gasteiger partial charge is 0.182 e. The van der Waals surface area contributed by atoms with Crippen LogP contribution in [0.5, 0.6) is 0 Å². The predicted molar refractivity (Wildman–Crippen MR) is 195 cm³/mol. The van der Waals surface area contributed by atoms with E-state index in [0.717, 1.165) is 66.8 Å². The number of aromatic nitrogens is 4. The van der Waals surface area contributed by atoms with Gasteiger partial charge in [-0.25, -0.2) is 19.9 Å². The lowest BCUT2D eigenvalue weighted by molar-refractivity contribution is 0.597. The summed E-state index contributed by atoms with van der Waals surface area (Å²) in [6.07, 6.45) is 3.56. The number of benzene rings is 5. The third-order valence-electron chi connectivity index (χ3n) is 9.88. The van der Waals surface area contributed by atoms with Crippen LogP contribution >= 0.6 is 0 Å². The standard InChI is InChI=1S/C43H32N4O2/c1-5-29(42-46-40(26-13-8-6-9-14-26)45-41(47-42)27-15-10-7-11-16-27)37-25(2)30-17-12-18-31(38(30)49-37)28-19-20-32-34(23-28)43(3,4)33-21-22-35-39(36(32)33)48-24-44-35/h5-24H,1-4H3/b29-5+. The highest BCUT2D eigenvalue weighted by Crippen LogP contribution is 2.52. The van der Waals surface area contributed by atoms with Crippen LogP contribution in [0.4, 0.5) is 0 Å². The maximum absolute atomic E-state index is 6.87. The predicted octanol–water partition coefficient (Wildman–Crippen LogP) is 10.8. The van der Waals surface area contributed by atoms with Crippen molar-refractivity contribution in [3.63, 3.8) is 0 Å². The highest BCUT2D eigenvalue weighted by molar-refractivity contribution is 6.01. The number of furan rings is 1. The first-order chi connectivity index (χ1) is 23.9. The summed E-state index contributed by atoms with van der Waals surface area (Å²) in [5.41, 5.74) is 13.0. The summed E-state index contributed by atoms with van der Waals surface area (Å²) in [5.74, 6) is 2.54. The fourth-order valence-electron chi connectivity index (χ4n) is 7.33. The molecule has 0 amide bonds. The Balaban J connectivity index is 1.18. The Kier molecular flexibility index (Phi) is 6.49. The van der Waals surface area contributed by atoms with E-state index in [0.29, 0.717) is 17.5 Å². The molecule has 0 spiro atoms. The first-order valence-electron chi connectivity index (χ1n) is 16.5. The zero-order valence-corrected chi connectivity index (χ0v) is 27.7. The Hall–Kier alpha value is -6.14. The Bertz CT molecular complexity index is 2540. The Morgan fingerprint density at radius 1 is 0.673 bits per heavy atom. The number of para-hydroxylation sites is 1. The van der Waals surface area contributed by atoms with E-state index in [4.69, 9.17) is 23.8 Å². The summed E-state index contributed by atoms with van der Waals surface area (Å²) < 4.78 is 12.8. The quantitative estimate of drug-likeness (QED) is 0.187. The number of aryl methyl sites for hydroxylation is 1. The Labute approximate surface area is 283 Å². The first-order valence-corrected chi connectivity index (χ1v) is 16.5. The van der Waals surface area contributed by atoms with Crippen LogP contribution < -0.4 is 0 Å². The molecule has 0 aliphatic heterocycles. The first kappa shape index (κ1) is 29.0. The minimum absolute atomic E-state index is 0.205. The molecule has 8 aromatic rings. The second-order valence-electron chi connectivity index (χ2n) is 13.1. The van der Waals surface area contributed by atoms with Crippen LogP contribution in [-0.4, -0.2) is 19.9 Å². The summed E-state index contributed by atoms with van der Waals surface area (Å²) in [6, 6.07) is 37.4. The van der Waals surface area contributed by atoms with Gasteiger partial charge >= 0.3 is 0 Å². The van der Waals surface area contributed by atoms with Crippen molar-refractivity contribution < 1.29 is 8.83 Å². The number of fused-ring (bicyclic) bond motifs is 6. The van der Waals surface area contributed by atoms with Gasteiger partial charge < -0.3 is 8.83 Å². The molecule has 0 saturated carbocycles. The zero-order valence-electron chi connectivity index (χ0n) is 27.7. The van der Waals surface area contributed by atoms with Crippen molar-refractivity contribution in [1.82, 2.24) is 19.9 Å². The van der Waals surface area contributed by atoms with Crippen molar-refractivity contribution >= 4 is 27.6 Å². The van der Waals surface area contributed by atoms with Crippen LogP contribution in [0, 0.1) is 6.92 Å². The van der Waals surface area contributed by atoms with E-state index in [1.165, 1.54) is 23.1 Å². The fraction of sp³-hybridized carbons (Fsp3) is 0.116. The van der Waals surface area contributed by atoms with Gasteiger partial charge in [0.15, 0.2) is 29.4 Å². The van der Waals surface area contributed by atoms with Gasteiger partial charge in [-0.15, -0.1) is 0 Å². The van der Waals surface area contributed by atoms with E-state index in [1.807, 2.05) is 73.7 Å². The molecule has 236 valence electrons. The van der Waals surface area contributed by atoms with Gasteiger partial charge in [0.1, 0.15) is 16.9 Å². The van der Waals surface area contributed by atoms with Crippen molar-refractivity contribution in [3.8, 4) is 45.0 Å². The molecule has 9 rings (SSSR count). The molecule has 49 heavy (non-hydrogen) atoms. The molecule has 0 saturated heterocycles. The third kappa shape index (κ3) is 4.48. The number of allylic oxidation sites excluding steroid dienone is 1. The lowest BCUT2D eigenvalue weighted by Crippen LogP contribution is -2.14. The van der Waals surface area contributed by atoms with Gasteiger partial charge in [-0.1, -0.05) is 117 Å². The van der Waals surface area contributed by atoms with Crippen molar-refractivity contribution in [3.05, 3.63) is 150 Å². The van der Waals surface area contributed by atoms with Gasteiger partial charge in [-0.2, -0.15) is 0 Å². The molecule has 6 heteroatoms. The van der Waals surface area contributed by atoms with E-state index in [1.54, 1.807) is 0 Å². The van der Waals surface area contributed by atoms with Gasteiger partial charge in [0.05, 0.1) is 5.57 Å². The van der Waals surface area contributed by atoms with E-state index < -0.39 is 0 Å². The summed E-state index contributed by atoms with van der Waals surface area (Å²) in [6.45, 7) is 8.67. The molecule has 5 aromatic carbocycles. The summed E-state index contributed by atoms with van der Waals surface area (Å²) in [5, 5.41) is 1.05. The maximum atomic E-state index is 6.87. The van der Waals surface area contributed by atoms with Gasteiger partial charge in [0.25, 0.3) is 0 Å². The Morgan fingerprint density at radius 2 is 1.39 bits per heavy atom. The molecule has 0 bridgehead atoms. The van der Waals surface area contributed by atoms with E-state index in [2.05, 4.69) is 74.3 Å². The lowest BCUT2D eigenvalue weighted by Gasteiger charge is -2.22. The topological polar surface area (TPSA) is 77.8 Å². The number of oxazole rings is 1. The SMILES string of the molecule is C/C=C(/c1nc(-c2ccccc2)nc(-c2ccccc2)n1)c1oc2c(-c3ccc4c(c3)C(C)(C)c3ccc5ncoc5c3-4)cccc2c1C. The number of nitrogens with zero attached hydrogens (tertiary/aromatic N) is 4. The molecule has 0 fully saturated rings.